The molecule has 0 aromatic heterocycles. The zero-order valence-electron chi connectivity index (χ0n) is 18.2. The van der Waals surface area contributed by atoms with E-state index in [1.165, 1.54) is 6.92 Å². The van der Waals surface area contributed by atoms with Crippen LogP contribution in [0.3, 0.4) is 0 Å². The Morgan fingerprint density at radius 3 is 2.24 bits per heavy atom. The molecule has 10 atom stereocenters. The highest BCUT2D eigenvalue weighted by Gasteiger charge is 2.52. The topological polar surface area (TPSA) is 243 Å². The van der Waals surface area contributed by atoms with Gasteiger partial charge in [0, 0.05) is 14.0 Å². The highest BCUT2D eigenvalue weighted by Crippen LogP contribution is 2.30. The van der Waals surface area contributed by atoms with Crippen molar-refractivity contribution in [2.75, 3.05) is 13.7 Å². The molecule has 2 heterocycles. The van der Waals surface area contributed by atoms with Crippen molar-refractivity contribution in [3.05, 3.63) is 0 Å². The summed E-state index contributed by atoms with van der Waals surface area (Å²) in [6.45, 7) is 2.24. The summed E-state index contributed by atoms with van der Waals surface area (Å²) in [6.07, 6.45) is -12.6. The minimum absolute atomic E-state index is 0.468. The largest absolute Gasteiger partial charge is 0.394 e. The van der Waals surface area contributed by atoms with Gasteiger partial charge in [0.15, 0.2) is 12.4 Å². The second kappa shape index (κ2) is 11.8. The number of carbonyl (C=O) groups is 3. The molecular weight excluding hydrogens is 450 g/mol. The van der Waals surface area contributed by atoms with Crippen LogP contribution in [0.1, 0.15) is 13.8 Å². The summed E-state index contributed by atoms with van der Waals surface area (Å²) in [5.41, 5.74) is 5.65. The minimum Gasteiger partial charge on any atom is -0.394 e. The molecule has 2 aliphatic rings. The van der Waals surface area contributed by atoms with Crippen LogP contribution >= 0.6 is 0 Å². The van der Waals surface area contributed by atoms with Gasteiger partial charge in [-0.25, -0.2) is 16.1 Å². The van der Waals surface area contributed by atoms with Crippen LogP contribution in [0.5, 0.6) is 0 Å². The molecule has 0 aromatic rings. The number of urea groups is 1. The van der Waals surface area contributed by atoms with Crippen LogP contribution in [-0.4, -0.2) is 113 Å². The lowest BCUT2D eigenvalue weighted by Crippen LogP contribution is -2.68. The van der Waals surface area contributed by atoms with E-state index >= 15 is 0 Å². The van der Waals surface area contributed by atoms with Gasteiger partial charge < -0.3 is 44.7 Å². The predicted molar refractivity (Wildman–Crippen MR) is 105 cm³/mol. The van der Waals surface area contributed by atoms with Crippen LogP contribution in [0.4, 0.5) is 4.79 Å². The van der Waals surface area contributed by atoms with Crippen LogP contribution < -0.4 is 27.4 Å². The van der Waals surface area contributed by atoms with Crippen molar-refractivity contribution >= 4 is 17.8 Å². The van der Waals surface area contributed by atoms with Crippen molar-refractivity contribution in [2.24, 2.45) is 5.84 Å². The summed E-state index contributed by atoms with van der Waals surface area (Å²) in [5, 5.41) is 43.7. The fourth-order valence-electron chi connectivity index (χ4n) is 3.69. The average molecular weight is 481 g/mol. The zero-order valence-corrected chi connectivity index (χ0v) is 18.2. The van der Waals surface area contributed by atoms with Crippen molar-refractivity contribution in [3.8, 4) is 0 Å². The molecule has 2 rings (SSSR count). The van der Waals surface area contributed by atoms with Crippen LogP contribution in [0.2, 0.25) is 0 Å². The summed E-state index contributed by atoms with van der Waals surface area (Å²) in [5.74, 6) is 3.46. The zero-order chi connectivity index (χ0) is 24.9. The number of carbonyl (C=O) groups excluding carboxylic acids is 3. The third kappa shape index (κ3) is 6.25. The molecule has 10 N–H and O–H groups in total. The van der Waals surface area contributed by atoms with E-state index in [1.54, 1.807) is 12.3 Å². The van der Waals surface area contributed by atoms with E-state index in [0.717, 1.165) is 7.11 Å². The maximum absolute atomic E-state index is 12.5. The summed E-state index contributed by atoms with van der Waals surface area (Å²) >= 11 is 0. The third-order valence-corrected chi connectivity index (χ3v) is 5.31. The van der Waals surface area contributed by atoms with E-state index in [9.17, 15) is 34.8 Å². The number of hydrogen-bond acceptors (Lipinski definition) is 12. The maximum atomic E-state index is 12.5. The lowest BCUT2D eigenvalue weighted by Gasteiger charge is -2.47. The second-order valence-electron chi connectivity index (χ2n) is 7.57. The van der Waals surface area contributed by atoms with Crippen molar-refractivity contribution in [3.63, 3.8) is 0 Å². The average Bonchev–Trinajstić information content (AvgIpc) is 2.78. The number of nitrogens with two attached hydrogens (primary N) is 1. The SMILES string of the molecule is COC1C(C(=O)NNC(=O)NN)OC(OC2C(O)C(CO)OC(C)C2NC(C)=O)C(O)C1O. The molecule has 10 unspecified atom stereocenters. The Hall–Kier alpha value is -2.15. The molecule has 0 aliphatic carbocycles. The number of nitrogens with one attached hydrogen (secondary N) is 4. The van der Waals surface area contributed by atoms with Gasteiger partial charge in [0.1, 0.15) is 36.6 Å². The second-order valence-corrected chi connectivity index (χ2v) is 7.57. The van der Waals surface area contributed by atoms with E-state index in [0.29, 0.717) is 0 Å². The number of hydrogen-bond donors (Lipinski definition) is 9. The number of rotatable bonds is 6. The van der Waals surface area contributed by atoms with E-state index in [2.05, 4.69) is 5.32 Å². The molecule has 2 fully saturated rings. The van der Waals surface area contributed by atoms with Gasteiger partial charge in [-0.05, 0) is 6.92 Å². The molecule has 190 valence electrons. The molecule has 33 heavy (non-hydrogen) atoms. The van der Waals surface area contributed by atoms with Gasteiger partial charge >= 0.3 is 6.03 Å². The van der Waals surface area contributed by atoms with Gasteiger partial charge in [0.05, 0.1) is 18.8 Å². The Balaban J connectivity index is 2.25. The Morgan fingerprint density at radius 1 is 1.03 bits per heavy atom. The molecule has 0 radical (unpaired) electrons. The molecule has 16 nitrogen and oxygen atoms in total. The number of hydrazine groups is 2. The molecule has 0 saturated carbocycles. The number of amides is 4. The van der Waals surface area contributed by atoms with Gasteiger partial charge in [0.2, 0.25) is 5.91 Å². The van der Waals surface area contributed by atoms with Crippen LogP contribution in [0, 0.1) is 0 Å². The molecular formula is C17H31N5O11. The van der Waals surface area contributed by atoms with Crippen molar-refractivity contribution in [1.82, 2.24) is 21.6 Å². The Labute approximate surface area is 188 Å². The van der Waals surface area contributed by atoms with E-state index in [-0.39, 0.29) is 0 Å². The number of ether oxygens (including phenoxy) is 4. The van der Waals surface area contributed by atoms with E-state index in [4.69, 9.17) is 24.8 Å². The van der Waals surface area contributed by atoms with Crippen molar-refractivity contribution < 1.29 is 53.8 Å². The lowest BCUT2D eigenvalue weighted by molar-refractivity contribution is -0.325. The highest BCUT2D eigenvalue weighted by molar-refractivity contribution is 5.84. The summed E-state index contributed by atoms with van der Waals surface area (Å²) < 4.78 is 21.8. The van der Waals surface area contributed by atoms with Crippen LogP contribution in [0.15, 0.2) is 0 Å². The smallest absolute Gasteiger partial charge is 0.347 e. The summed E-state index contributed by atoms with van der Waals surface area (Å²) in [7, 11) is 1.16. The lowest BCUT2D eigenvalue weighted by atomic mass is 9.92. The molecule has 0 spiro atoms. The normalized spacial score (nSPS) is 38.8. The minimum atomic E-state index is -1.74. The fourth-order valence-corrected chi connectivity index (χ4v) is 3.69. The Bertz CT molecular complexity index is 700. The quantitative estimate of drug-likeness (QED) is 0.0981. The predicted octanol–water partition coefficient (Wildman–Crippen LogP) is -5.32. The van der Waals surface area contributed by atoms with Gasteiger partial charge in [0.25, 0.3) is 5.91 Å². The highest BCUT2D eigenvalue weighted by atomic mass is 16.7. The van der Waals surface area contributed by atoms with E-state index < -0.39 is 85.6 Å². The fraction of sp³-hybridized carbons (Fsp3) is 0.824. The molecule has 2 saturated heterocycles. The van der Waals surface area contributed by atoms with Gasteiger partial charge in [-0.15, -0.1) is 0 Å². The molecule has 2 aliphatic heterocycles. The molecule has 16 heteroatoms. The molecule has 0 bridgehead atoms. The molecule has 4 amide bonds. The Morgan fingerprint density at radius 2 is 1.70 bits per heavy atom. The number of methoxy groups -OCH3 is 1. The van der Waals surface area contributed by atoms with Crippen LogP contribution in [-0.2, 0) is 28.5 Å². The molecule has 0 aromatic carbocycles. The monoisotopic (exact) mass is 481 g/mol. The van der Waals surface area contributed by atoms with Gasteiger partial charge in [-0.2, -0.15) is 0 Å². The summed E-state index contributed by atoms with van der Waals surface area (Å²) in [6, 6.07) is -1.88. The van der Waals surface area contributed by atoms with Crippen molar-refractivity contribution in [1.29, 1.82) is 0 Å². The first-order valence-electron chi connectivity index (χ1n) is 10.0. The summed E-state index contributed by atoms with van der Waals surface area (Å²) in [4.78, 5) is 35.3. The van der Waals surface area contributed by atoms with Crippen molar-refractivity contribution in [2.45, 2.75) is 75.0 Å². The van der Waals surface area contributed by atoms with E-state index in [1.807, 2.05) is 10.9 Å². The number of aliphatic hydroxyl groups is 4. The standard InChI is InChI=1S/C17H31N5O11/c1-5-8(19-6(2)24)12(9(25)7(4-23)31-5)32-16-11(27)10(26)13(30-3)14(33-16)15(28)21-22-17(29)20-18/h5,7-14,16,23,25-27H,4,18H2,1-3H3,(H,19,24)(H,21,28)(H2,20,22,29). The maximum Gasteiger partial charge on any atom is 0.347 e. The first kappa shape index (κ1) is 27.1. The Kier molecular flexibility index (Phi) is 9.70. The van der Waals surface area contributed by atoms with Gasteiger partial charge in [-0.1, -0.05) is 0 Å². The van der Waals surface area contributed by atoms with Gasteiger partial charge in [-0.3, -0.25) is 20.4 Å². The number of aliphatic hydroxyl groups excluding tert-OH is 4. The first-order valence-corrected chi connectivity index (χ1v) is 10.0. The third-order valence-electron chi connectivity index (χ3n) is 5.31. The first-order chi connectivity index (χ1) is 15.5. The van der Waals surface area contributed by atoms with Crippen LogP contribution in [0.25, 0.3) is 0 Å².